The van der Waals surface area contributed by atoms with Gasteiger partial charge in [-0.05, 0) is 18.9 Å². The highest BCUT2D eigenvalue weighted by molar-refractivity contribution is 6.48. The number of aromatic nitrogens is 2. The molecule has 6 N–H and O–H groups in total. The number of amidine groups is 2. The number of nitrogens with two attached hydrogens (primary N) is 2. The molecule has 3 heterocycles. The van der Waals surface area contributed by atoms with E-state index < -0.39 is 0 Å². The fraction of sp³-hybridized carbons (Fsp3) is 0.429. The topological polar surface area (TPSA) is 142 Å². The molecular weight excluding hydrogens is 296 g/mol. The Morgan fingerprint density at radius 3 is 2.74 bits per heavy atom. The second-order valence-electron chi connectivity index (χ2n) is 5.44. The highest BCUT2D eigenvalue weighted by Crippen LogP contribution is 2.23. The largest absolute Gasteiger partial charge is 0.396 e. The molecule has 0 atom stereocenters. The molecule has 0 saturated carbocycles. The van der Waals surface area contributed by atoms with Crippen molar-refractivity contribution in [3.8, 4) is 0 Å². The van der Waals surface area contributed by atoms with Gasteiger partial charge in [-0.15, -0.1) is 0 Å². The molecule has 0 bridgehead atoms. The summed E-state index contributed by atoms with van der Waals surface area (Å²) in [6.45, 7) is 2.02. The zero-order valence-electron chi connectivity index (χ0n) is 12.7. The highest BCUT2D eigenvalue weighted by atomic mass is 16.3. The minimum atomic E-state index is -0.0572. The molecule has 23 heavy (non-hydrogen) atoms. The van der Waals surface area contributed by atoms with E-state index in [4.69, 9.17) is 22.0 Å². The van der Waals surface area contributed by atoms with Gasteiger partial charge >= 0.3 is 0 Å². The Morgan fingerprint density at radius 2 is 2.04 bits per heavy atom. The van der Waals surface area contributed by atoms with Gasteiger partial charge in [0.1, 0.15) is 11.5 Å². The second kappa shape index (κ2) is 6.21. The Bertz CT molecular complexity index is 708. The smallest absolute Gasteiger partial charge is 0.178 e. The van der Waals surface area contributed by atoms with Gasteiger partial charge in [-0.3, -0.25) is 5.41 Å². The van der Waals surface area contributed by atoms with Gasteiger partial charge < -0.3 is 21.5 Å². The van der Waals surface area contributed by atoms with E-state index in [1.54, 1.807) is 6.08 Å². The van der Waals surface area contributed by atoms with Crippen molar-refractivity contribution in [2.24, 2.45) is 15.7 Å². The molecule has 1 aromatic rings. The second-order valence-corrected chi connectivity index (χ2v) is 5.44. The fourth-order valence-corrected chi connectivity index (χ4v) is 2.63. The maximum atomic E-state index is 8.97. The summed E-state index contributed by atoms with van der Waals surface area (Å²) in [6.07, 6.45) is 5.27. The number of aliphatic hydroxyl groups excluding tert-OH is 1. The third kappa shape index (κ3) is 2.95. The summed E-state index contributed by atoms with van der Waals surface area (Å²) in [5.41, 5.74) is 13.0. The Morgan fingerprint density at radius 1 is 1.30 bits per heavy atom. The number of hydrogen-bond acceptors (Lipinski definition) is 7. The molecule has 2 aliphatic rings. The molecule has 0 aliphatic carbocycles. The molecule has 2 aliphatic heterocycles. The summed E-state index contributed by atoms with van der Waals surface area (Å²) in [6, 6.07) is 0. The quantitative estimate of drug-likeness (QED) is 0.614. The lowest BCUT2D eigenvalue weighted by atomic mass is 10.2. The lowest BCUT2D eigenvalue weighted by molar-refractivity contribution is 0.270. The first-order valence-electron chi connectivity index (χ1n) is 7.51. The molecule has 1 aromatic heterocycles. The van der Waals surface area contributed by atoms with Crippen molar-refractivity contribution in [3.05, 3.63) is 18.0 Å². The number of nitrogens with one attached hydrogen (secondary N) is 1. The number of nitrogen functional groups attached to an aromatic ring is 1. The predicted octanol–water partition coefficient (Wildman–Crippen LogP) is -0.142. The Balaban J connectivity index is 1.93. The van der Waals surface area contributed by atoms with Crippen molar-refractivity contribution in [2.45, 2.75) is 19.4 Å². The van der Waals surface area contributed by atoms with E-state index in [9.17, 15) is 0 Å². The molecule has 122 valence electrons. The number of hydrogen-bond donors (Lipinski definition) is 4. The third-order valence-corrected chi connectivity index (χ3v) is 3.81. The molecule has 9 nitrogen and oxygen atoms in total. The SMILES string of the molecule is N=C1C=C(N)/C(=N/c2cnn(CCO)c2N)N=C1N1CCCC1. The zero-order valence-corrected chi connectivity index (χ0v) is 12.7. The van der Waals surface area contributed by atoms with Crippen LogP contribution in [0.5, 0.6) is 0 Å². The third-order valence-electron chi connectivity index (χ3n) is 3.81. The fourth-order valence-electron chi connectivity index (χ4n) is 2.63. The number of dihydropyridines is 1. The van der Waals surface area contributed by atoms with Crippen LogP contribution in [0, 0.1) is 5.41 Å². The highest BCUT2D eigenvalue weighted by Gasteiger charge is 2.24. The van der Waals surface area contributed by atoms with Crippen molar-refractivity contribution < 1.29 is 5.11 Å². The summed E-state index contributed by atoms with van der Waals surface area (Å²) >= 11 is 0. The van der Waals surface area contributed by atoms with E-state index in [1.165, 1.54) is 10.9 Å². The van der Waals surface area contributed by atoms with E-state index in [1.807, 2.05) is 0 Å². The van der Waals surface area contributed by atoms with Gasteiger partial charge in [0.25, 0.3) is 0 Å². The molecule has 0 spiro atoms. The average molecular weight is 316 g/mol. The Hall–Kier alpha value is -2.68. The molecule has 0 unspecified atom stereocenters. The van der Waals surface area contributed by atoms with Crippen molar-refractivity contribution in [3.63, 3.8) is 0 Å². The van der Waals surface area contributed by atoms with Crippen LogP contribution in [0.3, 0.4) is 0 Å². The molecule has 3 rings (SSSR count). The number of likely N-dealkylation sites (tertiary alicyclic amines) is 1. The number of aliphatic hydroxyl groups is 1. The monoisotopic (exact) mass is 316 g/mol. The van der Waals surface area contributed by atoms with Crippen molar-refractivity contribution >= 4 is 28.9 Å². The van der Waals surface area contributed by atoms with Gasteiger partial charge in [0, 0.05) is 13.1 Å². The predicted molar refractivity (Wildman–Crippen MR) is 89.1 cm³/mol. The summed E-state index contributed by atoms with van der Waals surface area (Å²) in [5, 5.41) is 21.1. The first-order chi connectivity index (χ1) is 11.1. The lowest BCUT2D eigenvalue weighted by Crippen LogP contribution is -2.37. The first-order valence-corrected chi connectivity index (χ1v) is 7.51. The molecule has 1 saturated heterocycles. The standard InChI is InChI=1S/C14H20N8O/c15-9-7-10(16)14(21-3-1-2-4-21)20-13(9)19-11-8-18-22(5-6-23)12(11)17/h7-8,16,23H,1-6,15,17H2/b16-10?,19-13-. The maximum Gasteiger partial charge on any atom is 0.178 e. The van der Waals surface area contributed by atoms with Gasteiger partial charge in [-0.25, -0.2) is 14.7 Å². The van der Waals surface area contributed by atoms with Gasteiger partial charge in [0.2, 0.25) is 0 Å². The van der Waals surface area contributed by atoms with Crippen LogP contribution in [0.25, 0.3) is 0 Å². The van der Waals surface area contributed by atoms with Crippen LogP contribution in [-0.4, -0.2) is 56.9 Å². The Labute approximate surface area is 133 Å². The Kier molecular flexibility index (Phi) is 4.11. The molecule has 0 amide bonds. The van der Waals surface area contributed by atoms with Gasteiger partial charge in [0.05, 0.1) is 30.8 Å². The summed E-state index contributed by atoms with van der Waals surface area (Å²) in [5.74, 6) is 1.27. The van der Waals surface area contributed by atoms with E-state index in [0.29, 0.717) is 41.1 Å². The molecule has 0 aromatic carbocycles. The van der Waals surface area contributed by atoms with E-state index in [0.717, 1.165) is 25.9 Å². The van der Waals surface area contributed by atoms with E-state index in [-0.39, 0.29) is 6.61 Å². The maximum absolute atomic E-state index is 8.97. The van der Waals surface area contributed by atoms with Crippen LogP contribution in [0.4, 0.5) is 11.5 Å². The van der Waals surface area contributed by atoms with E-state index in [2.05, 4.69) is 20.0 Å². The van der Waals surface area contributed by atoms with Gasteiger partial charge in [-0.2, -0.15) is 5.10 Å². The number of anilines is 1. The van der Waals surface area contributed by atoms with Gasteiger partial charge in [-0.1, -0.05) is 0 Å². The lowest BCUT2D eigenvalue weighted by Gasteiger charge is -2.22. The van der Waals surface area contributed by atoms with Crippen molar-refractivity contribution in [2.75, 3.05) is 25.4 Å². The summed E-state index contributed by atoms with van der Waals surface area (Å²) in [4.78, 5) is 10.9. The molecule has 0 radical (unpaired) electrons. The molecular formula is C14H20N8O. The van der Waals surface area contributed by atoms with Crippen LogP contribution in [-0.2, 0) is 6.54 Å². The minimum absolute atomic E-state index is 0.0572. The summed E-state index contributed by atoms with van der Waals surface area (Å²) < 4.78 is 1.47. The summed E-state index contributed by atoms with van der Waals surface area (Å²) in [7, 11) is 0. The van der Waals surface area contributed by atoms with Crippen LogP contribution in [0.1, 0.15) is 12.8 Å². The number of rotatable bonds is 3. The van der Waals surface area contributed by atoms with E-state index >= 15 is 0 Å². The van der Waals surface area contributed by atoms with Crippen LogP contribution < -0.4 is 11.5 Å². The normalized spacial score (nSPS) is 20.1. The van der Waals surface area contributed by atoms with Crippen LogP contribution in [0.15, 0.2) is 28.0 Å². The number of nitrogens with zero attached hydrogens (tertiary/aromatic N) is 5. The zero-order chi connectivity index (χ0) is 16.4. The molecule has 1 fully saturated rings. The number of aliphatic imine (C=N–C) groups is 2. The average Bonchev–Trinajstić information content (AvgIpc) is 3.15. The van der Waals surface area contributed by atoms with Crippen LogP contribution in [0.2, 0.25) is 0 Å². The first kappa shape index (κ1) is 15.2. The molecule has 9 heteroatoms. The van der Waals surface area contributed by atoms with Crippen molar-refractivity contribution in [1.82, 2.24) is 14.7 Å². The van der Waals surface area contributed by atoms with Gasteiger partial charge in [0.15, 0.2) is 11.7 Å². The van der Waals surface area contributed by atoms with Crippen molar-refractivity contribution in [1.29, 1.82) is 5.41 Å². The van der Waals surface area contributed by atoms with Crippen LogP contribution >= 0.6 is 0 Å². The minimum Gasteiger partial charge on any atom is -0.396 e.